The first kappa shape index (κ1) is 16.5. The quantitative estimate of drug-likeness (QED) is 0.821. The van der Waals surface area contributed by atoms with Crippen molar-refractivity contribution in [3.63, 3.8) is 0 Å². The maximum Gasteiger partial charge on any atom is 0.208 e. The van der Waals surface area contributed by atoms with Crippen LogP contribution in [0.4, 0.5) is 0 Å². The van der Waals surface area contributed by atoms with E-state index in [1.54, 1.807) is 0 Å². The molecule has 1 aromatic rings. The van der Waals surface area contributed by atoms with Crippen LogP contribution in [0.2, 0.25) is 0 Å². The molecular formula is C14H26N4O2S. The largest absolute Gasteiger partial charge is 0.295 e. The molecule has 6 nitrogen and oxygen atoms in total. The normalized spacial score (nSPS) is 20.8. The number of aromatic nitrogens is 2. The van der Waals surface area contributed by atoms with E-state index in [1.807, 2.05) is 10.9 Å². The van der Waals surface area contributed by atoms with Crippen LogP contribution in [0.25, 0.3) is 0 Å². The van der Waals surface area contributed by atoms with Gasteiger partial charge in [0.25, 0.3) is 0 Å². The lowest BCUT2D eigenvalue weighted by Crippen LogP contribution is -2.41. The van der Waals surface area contributed by atoms with E-state index in [-0.39, 0.29) is 0 Å². The van der Waals surface area contributed by atoms with E-state index in [1.165, 1.54) is 24.8 Å². The molecule has 1 saturated heterocycles. The summed E-state index contributed by atoms with van der Waals surface area (Å²) in [5.41, 5.74) is 1.24. The zero-order chi connectivity index (χ0) is 15.3. The van der Waals surface area contributed by atoms with Crippen LogP contribution in [0.1, 0.15) is 38.3 Å². The van der Waals surface area contributed by atoms with Crippen LogP contribution in [-0.4, -0.2) is 48.5 Å². The van der Waals surface area contributed by atoms with Crippen LogP contribution < -0.4 is 4.72 Å². The average molecular weight is 314 g/mol. The van der Waals surface area contributed by atoms with E-state index in [0.717, 1.165) is 32.5 Å². The minimum atomic E-state index is -3.09. The monoisotopic (exact) mass is 314 g/mol. The standard InChI is InChI=1S/C14H26N4O2S/c1-3-18-14(7-9-15-18)12-17-11-5-4-6-13(17)8-10-16-21(2,19)20/h7,9,13,16H,3-6,8,10-12H2,1-2H3. The van der Waals surface area contributed by atoms with Gasteiger partial charge in [-0.15, -0.1) is 0 Å². The first-order chi connectivity index (χ1) is 9.99. The Balaban J connectivity index is 1.92. The van der Waals surface area contributed by atoms with Crippen LogP contribution >= 0.6 is 0 Å². The molecule has 2 rings (SSSR count). The van der Waals surface area contributed by atoms with Gasteiger partial charge >= 0.3 is 0 Å². The van der Waals surface area contributed by atoms with Gasteiger partial charge in [0.1, 0.15) is 0 Å². The molecule has 1 N–H and O–H groups in total. The Bertz CT molecular complexity index is 541. The topological polar surface area (TPSA) is 67.2 Å². The number of aryl methyl sites for hydroxylation is 1. The van der Waals surface area contributed by atoms with Gasteiger partial charge in [0.15, 0.2) is 0 Å². The van der Waals surface area contributed by atoms with Crippen LogP contribution in [0.3, 0.4) is 0 Å². The lowest BCUT2D eigenvalue weighted by Gasteiger charge is -2.35. The summed E-state index contributed by atoms with van der Waals surface area (Å²) < 4.78 is 26.9. The van der Waals surface area contributed by atoms with Crippen LogP contribution in [0, 0.1) is 0 Å². The highest BCUT2D eigenvalue weighted by molar-refractivity contribution is 7.88. The first-order valence-electron chi connectivity index (χ1n) is 7.69. The van der Waals surface area contributed by atoms with E-state index in [4.69, 9.17) is 0 Å². The molecule has 7 heteroatoms. The molecule has 120 valence electrons. The molecule has 0 aromatic carbocycles. The zero-order valence-corrected chi connectivity index (χ0v) is 13.8. The summed E-state index contributed by atoms with van der Waals surface area (Å²) in [6, 6.07) is 2.53. The van der Waals surface area contributed by atoms with Crippen molar-refractivity contribution >= 4 is 10.0 Å². The third-order valence-electron chi connectivity index (χ3n) is 4.06. The molecule has 0 bridgehead atoms. The van der Waals surface area contributed by atoms with Crippen LogP contribution in [0.15, 0.2) is 12.3 Å². The second-order valence-electron chi connectivity index (χ2n) is 5.71. The number of hydrogen-bond acceptors (Lipinski definition) is 4. The number of nitrogens with one attached hydrogen (secondary N) is 1. The van der Waals surface area contributed by atoms with E-state index < -0.39 is 10.0 Å². The predicted molar refractivity (Wildman–Crippen MR) is 83.4 cm³/mol. The Morgan fingerprint density at radius 1 is 1.43 bits per heavy atom. The van der Waals surface area contributed by atoms with Crippen molar-refractivity contribution in [1.29, 1.82) is 0 Å². The van der Waals surface area contributed by atoms with Gasteiger partial charge in [-0.05, 0) is 38.8 Å². The molecule has 1 fully saturated rings. The Labute approximate surface area is 127 Å². The molecule has 0 amide bonds. The van der Waals surface area contributed by atoms with E-state index >= 15 is 0 Å². The summed E-state index contributed by atoms with van der Waals surface area (Å²) in [5.74, 6) is 0. The molecule has 1 aromatic heterocycles. The van der Waals surface area contributed by atoms with Crippen molar-refractivity contribution in [3.05, 3.63) is 18.0 Å². The van der Waals surface area contributed by atoms with Gasteiger partial charge in [-0.2, -0.15) is 5.10 Å². The summed E-state index contributed by atoms with van der Waals surface area (Å²) in [6.45, 7) is 5.49. The van der Waals surface area contributed by atoms with Gasteiger partial charge in [0.2, 0.25) is 10.0 Å². The Morgan fingerprint density at radius 2 is 2.24 bits per heavy atom. The van der Waals surface area contributed by atoms with Gasteiger partial charge < -0.3 is 0 Å². The third-order valence-corrected chi connectivity index (χ3v) is 4.79. The number of piperidine rings is 1. The molecule has 0 radical (unpaired) electrons. The van der Waals surface area contributed by atoms with Crippen LogP contribution in [-0.2, 0) is 23.1 Å². The third kappa shape index (κ3) is 5.09. The van der Waals surface area contributed by atoms with Gasteiger partial charge in [0.05, 0.1) is 11.9 Å². The molecule has 1 aliphatic rings. The fourth-order valence-corrected chi connectivity index (χ4v) is 3.48. The van der Waals surface area contributed by atoms with Gasteiger partial charge in [-0.3, -0.25) is 9.58 Å². The minimum Gasteiger partial charge on any atom is -0.295 e. The van der Waals surface area contributed by atoms with E-state index in [0.29, 0.717) is 12.6 Å². The Kier molecular flexibility index (Phi) is 5.78. The first-order valence-corrected chi connectivity index (χ1v) is 9.58. The van der Waals surface area contributed by atoms with Crippen molar-refractivity contribution in [2.24, 2.45) is 0 Å². The van der Waals surface area contributed by atoms with Gasteiger partial charge in [0, 0.05) is 31.9 Å². The van der Waals surface area contributed by atoms with Gasteiger partial charge in [-0.1, -0.05) is 6.42 Å². The summed E-state index contributed by atoms with van der Waals surface area (Å²) in [4.78, 5) is 2.47. The Morgan fingerprint density at radius 3 is 2.95 bits per heavy atom. The zero-order valence-electron chi connectivity index (χ0n) is 13.0. The predicted octanol–water partition coefficient (Wildman–Crippen LogP) is 1.20. The minimum absolute atomic E-state index is 0.452. The maximum atomic E-state index is 11.2. The number of rotatable bonds is 7. The second-order valence-corrected chi connectivity index (χ2v) is 7.55. The summed E-state index contributed by atoms with van der Waals surface area (Å²) in [5, 5.41) is 4.32. The average Bonchev–Trinajstić information content (AvgIpc) is 2.86. The SMILES string of the molecule is CCn1nccc1CN1CCCCC1CCNS(C)(=O)=O. The van der Waals surface area contributed by atoms with Crippen LogP contribution in [0.5, 0.6) is 0 Å². The summed E-state index contributed by atoms with van der Waals surface area (Å²) >= 11 is 0. The molecule has 1 atom stereocenters. The summed E-state index contributed by atoms with van der Waals surface area (Å²) in [6.07, 6.45) is 7.52. The molecule has 0 spiro atoms. The number of nitrogens with zero attached hydrogens (tertiary/aromatic N) is 3. The van der Waals surface area contributed by atoms with Crippen molar-refractivity contribution in [2.45, 2.75) is 51.7 Å². The summed E-state index contributed by atoms with van der Waals surface area (Å²) in [7, 11) is -3.09. The molecule has 2 heterocycles. The molecule has 0 aliphatic carbocycles. The second kappa shape index (κ2) is 7.38. The highest BCUT2D eigenvalue weighted by Crippen LogP contribution is 2.21. The van der Waals surface area contributed by atoms with Gasteiger partial charge in [-0.25, -0.2) is 13.1 Å². The van der Waals surface area contributed by atoms with E-state index in [2.05, 4.69) is 27.7 Å². The highest BCUT2D eigenvalue weighted by Gasteiger charge is 2.23. The van der Waals surface area contributed by atoms with Crippen molar-refractivity contribution in [1.82, 2.24) is 19.4 Å². The van der Waals surface area contributed by atoms with Crippen molar-refractivity contribution in [3.8, 4) is 0 Å². The maximum absolute atomic E-state index is 11.2. The fraction of sp³-hybridized carbons (Fsp3) is 0.786. The molecule has 21 heavy (non-hydrogen) atoms. The van der Waals surface area contributed by atoms with Crippen molar-refractivity contribution in [2.75, 3.05) is 19.3 Å². The molecule has 1 aliphatic heterocycles. The molecule has 1 unspecified atom stereocenters. The van der Waals surface area contributed by atoms with Crippen molar-refractivity contribution < 1.29 is 8.42 Å². The smallest absolute Gasteiger partial charge is 0.208 e. The molecular weight excluding hydrogens is 288 g/mol. The fourth-order valence-electron chi connectivity index (χ4n) is 2.99. The number of sulfonamides is 1. The molecule has 0 saturated carbocycles. The Hall–Kier alpha value is -0.920. The number of likely N-dealkylation sites (tertiary alicyclic amines) is 1. The lowest BCUT2D eigenvalue weighted by molar-refractivity contribution is 0.129. The highest BCUT2D eigenvalue weighted by atomic mass is 32.2. The number of hydrogen-bond donors (Lipinski definition) is 1. The van der Waals surface area contributed by atoms with E-state index in [9.17, 15) is 8.42 Å². The lowest BCUT2D eigenvalue weighted by atomic mass is 9.99.